The zero-order chi connectivity index (χ0) is 20.6. The number of benzene rings is 3. The van der Waals surface area contributed by atoms with Crippen LogP contribution in [0.25, 0.3) is 0 Å². The Balaban J connectivity index is 1.74. The minimum Gasteiger partial charge on any atom is -0.483 e. The second-order valence-corrected chi connectivity index (χ2v) is 6.46. The van der Waals surface area contributed by atoms with E-state index in [0.717, 1.165) is 11.1 Å². The Hall–Kier alpha value is -3.64. The van der Waals surface area contributed by atoms with Gasteiger partial charge in [0.25, 0.3) is 11.8 Å². The Kier molecular flexibility index (Phi) is 6.60. The summed E-state index contributed by atoms with van der Waals surface area (Å²) in [5.41, 5.74) is 10.2. The van der Waals surface area contributed by atoms with E-state index >= 15 is 0 Å². The molecule has 3 rings (SSSR count). The summed E-state index contributed by atoms with van der Waals surface area (Å²) in [6.07, 6.45) is 0. The van der Waals surface area contributed by atoms with Gasteiger partial charge >= 0.3 is 0 Å². The van der Waals surface area contributed by atoms with E-state index in [1.165, 1.54) is 12.1 Å². The SMILES string of the molecule is NC(=O)c1cc(Cl)ccc1OCC(=O)NN=C(c1ccccc1)c1ccccc1. The number of carbonyl (C=O) groups excluding carboxylic acids is 2. The van der Waals surface area contributed by atoms with Gasteiger partial charge in [0, 0.05) is 16.1 Å². The number of nitrogens with two attached hydrogens (primary N) is 1. The van der Waals surface area contributed by atoms with Crippen LogP contribution in [0.2, 0.25) is 5.02 Å². The molecule has 0 aromatic heterocycles. The summed E-state index contributed by atoms with van der Waals surface area (Å²) < 4.78 is 5.42. The lowest BCUT2D eigenvalue weighted by molar-refractivity contribution is -0.123. The molecule has 7 heteroatoms. The average Bonchev–Trinajstić information content (AvgIpc) is 2.74. The summed E-state index contributed by atoms with van der Waals surface area (Å²) in [5, 5.41) is 4.62. The predicted octanol–water partition coefficient (Wildman–Crippen LogP) is 3.39. The molecule has 0 aliphatic rings. The lowest BCUT2D eigenvalue weighted by atomic mass is 10.0. The van der Waals surface area contributed by atoms with Crippen LogP contribution in [0.5, 0.6) is 5.75 Å². The molecule has 6 nitrogen and oxygen atoms in total. The molecule has 3 aromatic rings. The molecular formula is C22H18ClN3O3. The molecule has 0 fully saturated rings. The molecule has 3 aromatic carbocycles. The van der Waals surface area contributed by atoms with Crippen molar-refractivity contribution in [2.75, 3.05) is 6.61 Å². The normalized spacial score (nSPS) is 10.1. The fraction of sp³-hybridized carbons (Fsp3) is 0.0455. The van der Waals surface area contributed by atoms with E-state index in [4.69, 9.17) is 22.1 Å². The molecule has 0 saturated heterocycles. The molecule has 0 bridgehead atoms. The van der Waals surface area contributed by atoms with Gasteiger partial charge in [0.15, 0.2) is 6.61 Å². The smallest absolute Gasteiger partial charge is 0.277 e. The van der Waals surface area contributed by atoms with Crippen LogP contribution in [-0.4, -0.2) is 24.1 Å². The number of nitrogens with one attached hydrogen (secondary N) is 1. The standard InChI is InChI=1S/C22H18ClN3O3/c23-17-11-12-19(18(13-17)22(24)28)29-14-20(27)25-26-21(15-7-3-1-4-8-15)16-9-5-2-6-10-16/h1-13H,14H2,(H2,24,28)(H,25,27). The number of hydrogen-bond donors (Lipinski definition) is 2. The van der Waals surface area contributed by atoms with E-state index in [2.05, 4.69) is 10.5 Å². The minimum atomic E-state index is -0.698. The molecule has 0 radical (unpaired) electrons. The number of ether oxygens (including phenoxy) is 1. The topological polar surface area (TPSA) is 93.8 Å². The van der Waals surface area contributed by atoms with Crippen molar-refractivity contribution in [3.05, 3.63) is 101 Å². The zero-order valence-electron chi connectivity index (χ0n) is 15.3. The first-order valence-corrected chi connectivity index (χ1v) is 9.12. The maximum atomic E-state index is 12.2. The molecule has 0 saturated carbocycles. The zero-order valence-corrected chi connectivity index (χ0v) is 16.1. The van der Waals surface area contributed by atoms with Gasteiger partial charge < -0.3 is 10.5 Å². The summed E-state index contributed by atoms with van der Waals surface area (Å²) in [6.45, 7) is -0.345. The number of primary amides is 1. The highest BCUT2D eigenvalue weighted by Gasteiger charge is 2.12. The number of nitrogens with zero attached hydrogens (tertiary/aromatic N) is 1. The molecule has 29 heavy (non-hydrogen) atoms. The van der Waals surface area contributed by atoms with Crippen LogP contribution in [-0.2, 0) is 4.79 Å². The predicted molar refractivity (Wildman–Crippen MR) is 112 cm³/mol. The number of hydrogen-bond acceptors (Lipinski definition) is 4. The third-order valence-electron chi connectivity index (χ3n) is 3.95. The van der Waals surface area contributed by atoms with Gasteiger partial charge in [0.2, 0.25) is 0 Å². The van der Waals surface area contributed by atoms with Gasteiger partial charge in [-0.2, -0.15) is 5.10 Å². The van der Waals surface area contributed by atoms with Crippen molar-refractivity contribution in [2.45, 2.75) is 0 Å². The summed E-state index contributed by atoms with van der Waals surface area (Å²) in [4.78, 5) is 23.8. The summed E-state index contributed by atoms with van der Waals surface area (Å²) in [7, 11) is 0. The number of carbonyl (C=O) groups is 2. The molecule has 0 atom stereocenters. The van der Waals surface area contributed by atoms with Crippen LogP contribution in [0.15, 0.2) is 84.0 Å². The van der Waals surface area contributed by atoms with Gasteiger partial charge in [-0.1, -0.05) is 72.3 Å². The van der Waals surface area contributed by atoms with Gasteiger partial charge in [0.1, 0.15) is 5.75 Å². The average molecular weight is 408 g/mol. The van der Waals surface area contributed by atoms with E-state index in [1.54, 1.807) is 6.07 Å². The third kappa shape index (κ3) is 5.43. The Morgan fingerprint density at radius 2 is 1.52 bits per heavy atom. The Morgan fingerprint density at radius 3 is 2.07 bits per heavy atom. The van der Waals surface area contributed by atoms with Crippen molar-refractivity contribution in [1.82, 2.24) is 5.43 Å². The highest BCUT2D eigenvalue weighted by atomic mass is 35.5. The fourth-order valence-corrected chi connectivity index (χ4v) is 2.77. The van der Waals surface area contributed by atoms with Gasteiger partial charge in [-0.25, -0.2) is 5.43 Å². The van der Waals surface area contributed by atoms with Gasteiger partial charge in [-0.05, 0) is 18.2 Å². The summed E-state index contributed by atoms with van der Waals surface area (Å²) >= 11 is 5.86. The fourth-order valence-electron chi connectivity index (χ4n) is 2.60. The first-order chi connectivity index (χ1) is 14.0. The molecule has 0 heterocycles. The molecule has 2 amide bonds. The van der Waals surface area contributed by atoms with Crippen LogP contribution in [0, 0.1) is 0 Å². The lowest BCUT2D eigenvalue weighted by Gasteiger charge is -2.10. The molecular weight excluding hydrogens is 390 g/mol. The lowest BCUT2D eigenvalue weighted by Crippen LogP contribution is -2.27. The van der Waals surface area contributed by atoms with E-state index in [9.17, 15) is 9.59 Å². The van der Waals surface area contributed by atoms with Crippen LogP contribution >= 0.6 is 11.6 Å². The highest BCUT2D eigenvalue weighted by Crippen LogP contribution is 2.22. The Bertz CT molecular complexity index is 996. The maximum absolute atomic E-state index is 12.2. The van der Waals surface area contributed by atoms with Crippen molar-refractivity contribution >= 4 is 29.1 Å². The molecule has 0 aliphatic carbocycles. The molecule has 0 unspecified atom stereocenters. The summed E-state index contributed by atoms with van der Waals surface area (Å²) in [5.74, 6) is -1.01. The number of halogens is 1. The van der Waals surface area contributed by atoms with Crippen molar-refractivity contribution in [2.24, 2.45) is 10.8 Å². The second-order valence-electron chi connectivity index (χ2n) is 6.02. The summed E-state index contributed by atoms with van der Waals surface area (Å²) in [6, 6.07) is 23.4. The van der Waals surface area contributed by atoms with Gasteiger partial charge in [-0.3, -0.25) is 9.59 Å². The van der Waals surface area contributed by atoms with Crippen molar-refractivity contribution < 1.29 is 14.3 Å². The first kappa shape index (κ1) is 20.1. The van der Waals surface area contributed by atoms with E-state index in [1.807, 2.05) is 60.7 Å². The Labute approximate surface area is 173 Å². The molecule has 0 aliphatic heterocycles. The number of rotatable bonds is 7. The van der Waals surface area contributed by atoms with Crippen LogP contribution in [0.3, 0.4) is 0 Å². The van der Waals surface area contributed by atoms with Crippen molar-refractivity contribution in [1.29, 1.82) is 0 Å². The Morgan fingerprint density at radius 1 is 0.931 bits per heavy atom. The van der Waals surface area contributed by atoms with Crippen LogP contribution < -0.4 is 15.9 Å². The monoisotopic (exact) mass is 407 g/mol. The van der Waals surface area contributed by atoms with E-state index < -0.39 is 11.8 Å². The maximum Gasteiger partial charge on any atom is 0.277 e. The van der Waals surface area contributed by atoms with E-state index in [-0.39, 0.29) is 17.9 Å². The third-order valence-corrected chi connectivity index (χ3v) is 4.19. The van der Waals surface area contributed by atoms with E-state index in [0.29, 0.717) is 10.7 Å². The number of amides is 2. The molecule has 3 N–H and O–H groups in total. The molecule has 146 valence electrons. The first-order valence-electron chi connectivity index (χ1n) is 8.74. The van der Waals surface area contributed by atoms with Crippen molar-refractivity contribution in [3.8, 4) is 5.75 Å². The van der Waals surface area contributed by atoms with Crippen LogP contribution in [0.4, 0.5) is 0 Å². The van der Waals surface area contributed by atoms with Gasteiger partial charge in [-0.15, -0.1) is 0 Å². The number of hydrazone groups is 1. The van der Waals surface area contributed by atoms with Crippen molar-refractivity contribution in [3.63, 3.8) is 0 Å². The largest absolute Gasteiger partial charge is 0.483 e. The minimum absolute atomic E-state index is 0.100. The van der Waals surface area contributed by atoms with Crippen LogP contribution in [0.1, 0.15) is 21.5 Å². The quantitative estimate of drug-likeness (QED) is 0.464. The second kappa shape index (κ2) is 9.52. The molecule has 0 spiro atoms. The highest BCUT2D eigenvalue weighted by molar-refractivity contribution is 6.31. The van der Waals surface area contributed by atoms with Gasteiger partial charge in [0.05, 0.1) is 11.3 Å².